The molecule has 1 aromatic carbocycles. The number of aromatic hydroxyl groups is 1. The molecule has 1 aliphatic heterocycles. The Hall–Kier alpha value is -3.14. The highest BCUT2D eigenvalue weighted by Gasteiger charge is 2.66. The summed E-state index contributed by atoms with van der Waals surface area (Å²) in [6.45, 7) is 0. The van der Waals surface area contributed by atoms with Crippen LogP contribution in [0.1, 0.15) is 22.0 Å². The third-order valence-corrected chi connectivity index (χ3v) is 4.26. The zero-order chi connectivity index (χ0) is 19.8. The Kier molecular flexibility index (Phi) is 4.52. The quantitative estimate of drug-likeness (QED) is 0.607. The molecule has 3 atom stereocenters. The average molecular weight is 381 g/mol. The third kappa shape index (κ3) is 3.31. The van der Waals surface area contributed by atoms with Crippen LogP contribution in [-0.2, 0) is 0 Å². The van der Waals surface area contributed by atoms with E-state index in [9.17, 15) is 33.0 Å². The highest BCUT2D eigenvalue weighted by atomic mass is 19.4. The Bertz CT molecular complexity index is 875. The van der Waals surface area contributed by atoms with Crippen LogP contribution in [0.15, 0.2) is 48.8 Å². The Morgan fingerprint density at radius 3 is 2.56 bits per heavy atom. The van der Waals surface area contributed by atoms with E-state index in [0.717, 1.165) is 12.3 Å². The Labute approximate surface area is 150 Å². The minimum Gasteiger partial charge on any atom is -0.508 e. The number of halogens is 3. The zero-order valence-electron chi connectivity index (χ0n) is 13.6. The van der Waals surface area contributed by atoms with Gasteiger partial charge in [-0.3, -0.25) is 9.78 Å². The molecular weight excluding hydrogens is 367 g/mol. The monoisotopic (exact) mass is 381 g/mol. The second-order valence-corrected chi connectivity index (χ2v) is 6.02. The number of urea groups is 1. The van der Waals surface area contributed by atoms with E-state index in [2.05, 4.69) is 10.3 Å². The van der Waals surface area contributed by atoms with Crippen LogP contribution in [-0.4, -0.2) is 38.9 Å². The van der Waals surface area contributed by atoms with Crippen LogP contribution in [0.2, 0.25) is 0 Å². The lowest BCUT2D eigenvalue weighted by Crippen LogP contribution is -2.72. The second-order valence-electron chi connectivity index (χ2n) is 6.02. The smallest absolute Gasteiger partial charge is 0.437 e. The van der Waals surface area contributed by atoms with Gasteiger partial charge in [-0.05, 0) is 29.8 Å². The number of phenolic OH excluding ortho intramolecular Hbond substituents is 1. The standard InChI is InChI=1S/C17H14F3N3O4/c18-17(19,20)16(27)12(14(25)10-4-2-6-21-8-10)13(22-15(26)23-16)9-3-1-5-11(24)7-9/h1-8,12-13,24,27H,(H2,22,23,26)/t12-,13+,16-/m0/s1. The summed E-state index contributed by atoms with van der Waals surface area (Å²) in [5.74, 6) is -3.52. The van der Waals surface area contributed by atoms with E-state index < -0.39 is 35.7 Å². The van der Waals surface area contributed by atoms with E-state index >= 15 is 0 Å². The number of pyridine rings is 1. The number of Topliss-reactive ketones (excluding diaryl/α,β-unsaturated/α-hetero) is 1. The number of carbonyl (C=O) groups is 2. The number of amides is 2. The molecule has 0 unspecified atom stereocenters. The van der Waals surface area contributed by atoms with Crippen LogP contribution in [0.4, 0.5) is 18.0 Å². The SMILES string of the molecule is O=C1N[C@H](c2cccc(O)c2)[C@@H](C(=O)c2cccnc2)[C@](O)(C(F)(F)F)N1. The number of benzene rings is 1. The number of rotatable bonds is 3. The summed E-state index contributed by atoms with van der Waals surface area (Å²) in [5, 5.41) is 23.7. The van der Waals surface area contributed by atoms with E-state index in [1.807, 2.05) is 0 Å². The number of hydrogen-bond donors (Lipinski definition) is 4. The molecule has 1 saturated heterocycles. The highest BCUT2D eigenvalue weighted by Crippen LogP contribution is 2.44. The zero-order valence-corrected chi connectivity index (χ0v) is 13.6. The Morgan fingerprint density at radius 2 is 1.96 bits per heavy atom. The minimum atomic E-state index is -5.34. The van der Waals surface area contributed by atoms with Crippen molar-refractivity contribution in [1.29, 1.82) is 0 Å². The van der Waals surface area contributed by atoms with Gasteiger partial charge < -0.3 is 20.8 Å². The van der Waals surface area contributed by atoms with E-state index in [0.29, 0.717) is 0 Å². The summed E-state index contributed by atoms with van der Waals surface area (Å²) < 4.78 is 41.1. The van der Waals surface area contributed by atoms with Crippen molar-refractivity contribution in [3.8, 4) is 5.75 Å². The van der Waals surface area contributed by atoms with Crippen molar-refractivity contribution in [2.75, 3.05) is 0 Å². The van der Waals surface area contributed by atoms with Gasteiger partial charge in [0.1, 0.15) is 11.7 Å². The van der Waals surface area contributed by atoms with E-state index in [1.54, 1.807) is 0 Å². The van der Waals surface area contributed by atoms with Crippen molar-refractivity contribution in [2.24, 2.45) is 5.92 Å². The molecule has 27 heavy (non-hydrogen) atoms. The Balaban J connectivity index is 2.17. The fraction of sp³-hybridized carbons (Fsp3) is 0.235. The molecule has 1 fully saturated rings. The van der Waals surface area contributed by atoms with Crippen molar-refractivity contribution < 1.29 is 33.0 Å². The topological polar surface area (TPSA) is 112 Å². The first-order chi connectivity index (χ1) is 12.6. The number of aliphatic hydroxyl groups is 1. The van der Waals surface area contributed by atoms with Gasteiger partial charge in [-0.15, -0.1) is 0 Å². The van der Waals surface area contributed by atoms with Crippen molar-refractivity contribution >= 4 is 11.8 Å². The molecule has 4 N–H and O–H groups in total. The molecule has 10 heteroatoms. The predicted molar refractivity (Wildman–Crippen MR) is 85.6 cm³/mol. The number of phenols is 1. The van der Waals surface area contributed by atoms with Crippen LogP contribution in [0, 0.1) is 5.92 Å². The average Bonchev–Trinajstić information content (AvgIpc) is 2.60. The summed E-state index contributed by atoms with van der Waals surface area (Å²) in [7, 11) is 0. The lowest BCUT2D eigenvalue weighted by atomic mass is 9.77. The van der Waals surface area contributed by atoms with Gasteiger partial charge in [-0.1, -0.05) is 12.1 Å². The minimum absolute atomic E-state index is 0.0229. The molecule has 1 aromatic heterocycles. The molecule has 3 rings (SSSR count). The van der Waals surface area contributed by atoms with Gasteiger partial charge in [0.05, 0.1) is 6.04 Å². The summed E-state index contributed by atoms with van der Waals surface area (Å²) >= 11 is 0. The molecule has 0 spiro atoms. The normalized spacial score (nSPS) is 25.4. The van der Waals surface area contributed by atoms with Crippen molar-refractivity contribution in [3.63, 3.8) is 0 Å². The second kappa shape index (κ2) is 6.54. The van der Waals surface area contributed by atoms with E-state index in [4.69, 9.17) is 0 Å². The van der Waals surface area contributed by atoms with Crippen LogP contribution < -0.4 is 10.6 Å². The molecule has 2 heterocycles. The van der Waals surface area contributed by atoms with Crippen LogP contribution in [0.5, 0.6) is 5.75 Å². The Morgan fingerprint density at radius 1 is 1.22 bits per heavy atom. The molecular formula is C17H14F3N3O4. The first kappa shape index (κ1) is 18.6. The maximum Gasteiger partial charge on any atom is 0.437 e. The van der Waals surface area contributed by atoms with Gasteiger partial charge in [0.2, 0.25) is 5.72 Å². The van der Waals surface area contributed by atoms with Crippen molar-refractivity contribution in [1.82, 2.24) is 15.6 Å². The predicted octanol–water partition coefficient (Wildman–Crippen LogP) is 1.89. The van der Waals surface area contributed by atoms with Crippen LogP contribution >= 0.6 is 0 Å². The van der Waals surface area contributed by atoms with E-state index in [-0.39, 0.29) is 16.9 Å². The van der Waals surface area contributed by atoms with Crippen LogP contribution in [0.3, 0.4) is 0 Å². The van der Waals surface area contributed by atoms with Gasteiger partial charge in [-0.2, -0.15) is 13.2 Å². The molecule has 0 radical (unpaired) electrons. The molecule has 0 bridgehead atoms. The van der Waals surface area contributed by atoms with E-state index in [1.165, 1.54) is 41.8 Å². The maximum atomic E-state index is 13.7. The first-order valence-corrected chi connectivity index (χ1v) is 7.74. The van der Waals surface area contributed by atoms with Gasteiger partial charge in [0.25, 0.3) is 0 Å². The number of ketones is 1. The molecule has 7 nitrogen and oxygen atoms in total. The number of alkyl halides is 3. The first-order valence-electron chi connectivity index (χ1n) is 7.74. The number of nitrogens with one attached hydrogen (secondary N) is 2. The lowest BCUT2D eigenvalue weighted by Gasteiger charge is -2.45. The number of hydrogen-bond acceptors (Lipinski definition) is 5. The maximum absolute atomic E-state index is 13.7. The molecule has 1 aliphatic rings. The lowest BCUT2D eigenvalue weighted by molar-refractivity contribution is -0.287. The summed E-state index contributed by atoms with van der Waals surface area (Å²) in [6.07, 6.45) is -2.95. The van der Waals surface area contributed by atoms with Crippen molar-refractivity contribution in [2.45, 2.75) is 17.9 Å². The van der Waals surface area contributed by atoms with Gasteiger partial charge >= 0.3 is 12.2 Å². The molecule has 0 saturated carbocycles. The number of carbonyl (C=O) groups excluding carboxylic acids is 2. The van der Waals surface area contributed by atoms with Gasteiger partial charge in [-0.25, -0.2) is 4.79 Å². The highest BCUT2D eigenvalue weighted by molar-refractivity contribution is 6.00. The molecule has 2 amide bonds. The fourth-order valence-corrected chi connectivity index (χ4v) is 3.02. The fourth-order valence-electron chi connectivity index (χ4n) is 3.02. The van der Waals surface area contributed by atoms with Gasteiger partial charge in [0, 0.05) is 18.0 Å². The third-order valence-electron chi connectivity index (χ3n) is 4.26. The largest absolute Gasteiger partial charge is 0.508 e. The van der Waals surface area contributed by atoms with Crippen molar-refractivity contribution in [3.05, 3.63) is 59.9 Å². The summed E-state index contributed by atoms with van der Waals surface area (Å²) in [5.41, 5.74) is -3.97. The summed E-state index contributed by atoms with van der Waals surface area (Å²) in [4.78, 5) is 28.4. The van der Waals surface area contributed by atoms with Crippen LogP contribution in [0.25, 0.3) is 0 Å². The summed E-state index contributed by atoms with van der Waals surface area (Å²) in [6, 6.07) is 4.81. The van der Waals surface area contributed by atoms with Gasteiger partial charge in [0.15, 0.2) is 5.78 Å². The number of aromatic nitrogens is 1. The molecule has 2 aromatic rings. The molecule has 0 aliphatic carbocycles. The molecule has 142 valence electrons. The number of nitrogens with zero attached hydrogens (tertiary/aromatic N) is 1.